The van der Waals surface area contributed by atoms with Gasteiger partial charge in [0.2, 0.25) is 11.6 Å². The largest absolute Gasteiger partial charge is 0.449 e. The molecule has 1 aliphatic carbocycles. The van der Waals surface area contributed by atoms with E-state index in [1.807, 2.05) is 26.0 Å². The highest BCUT2D eigenvalue weighted by Gasteiger charge is 2.33. The number of fused-ring (bicyclic) bond motifs is 1. The molecule has 4 nitrogen and oxygen atoms in total. The molecule has 5 heteroatoms. The number of ether oxygens (including phenoxy) is 1. The van der Waals surface area contributed by atoms with Gasteiger partial charge in [0.25, 0.3) is 0 Å². The molecule has 0 radical (unpaired) electrons. The number of carbonyl (C=O) groups excluding carboxylic acids is 2. The highest BCUT2D eigenvalue weighted by atomic mass is 35.5. The van der Waals surface area contributed by atoms with E-state index >= 15 is 0 Å². The Morgan fingerprint density at radius 2 is 1.48 bits per heavy atom. The van der Waals surface area contributed by atoms with Crippen molar-refractivity contribution in [3.63, 3.8) is 0 Å². The number of rotatable bonds is 2. The number of halogens is 1. The maximum atomic E-state index is 12.6. The summed E-state index contributed by atoms with van der Waals surface area (Å²) < 4.78 is 5.70. The van der Waals surface area contributed by atoms with E-state index in [1.54, 1.807) is 24.3 Å². The zero-order chi connectivity index (χ0) is 16.7. The highest BCUT2D eigenvalue weighted by Crippen LogP contribution is 2.35. The Morgan fingerprint density at radius 1 is 0.913 bits per heavy atom. The quantitative estimate of drug-likeness (QED) is 0.852. The molecule has 2 aromatic carbocycles. The number of nitrogens with two attached hydrogens (primary N) is 1. The predicted molar refractivity (Wildman–Crippen MR) is 88.9 cm³/mol. The molecule has 0 amide bonds. The molecule has 0 aliphatic heterocycles. The van der Waals surface area contributed by atoms with Crippen LogP contribution in [0.15, 0.2) is 47.2 Å². The first-order valence-corrected chi connectivity index (χ1v) is 7.41. The second-order valence-electron chi connectivity index (χ2n) is 5.39. The number of Topliss-reactive ketones (excluding diaryl/α,β-unsaturated/α-hetero) is 2. The van der Waals surface area contributed by atoms with E-state index in [1.165, 1.54) is 0 Å². The first-order valence-electron chi connectivity index (χ1n) is 7.03. The van der Waals surface area contributed by atoms with Crippen molar-refractivity contribution in [2.75, 3.05) is 5.73 Å². The van der Waals surface area contributed by atoms with Gasteiger partial charge in [0.05, 0.1) is 5.69 Å². The molecule has 116 valence electrons. The van der Waals surface area contributed by atoms with Crippen molar-refractivity contribution in [2.45, 2.75) is 13.8 Å². The molecule has 0 spiro atoms. The van der Waals surface area contributed by atoms with Gasteiger partial charge in [0.15, 0.2) is 11.5 Å². The van der Waals surface area contributed by atoms with E-state index in [9.17, 15) is 9.59 Å². The third-order valence-corrected chi connectivity index (χ3v) is 4.18. The number of ketones is 2. The molecule has 2 N–H and O–H groups in total. The highest BCUT2D eigenvalue weighted by molar-refractivity contribution is 6.49. The Labute approximate surface area is 138 Å². The summed E-state index contributed by atoms with van der Waals surface area (Å²) in [5.41, 5.74) is 8.58. The van der Waals surface area contributed by atoms with E-state index in [4.69, 9.17) is 22.1 Å². The molecule has 0 atom stereocenters. The van der Waals surface area contributed by atoms with Crippen LogP contribution in [0, 0.1) is 13.8 Å². The lowest BCUT2D eigenvalue weighted by molar-refractivity contribution is 0.0943. The molecule has 2 aromatic rings. The maximum absolute atomic E-state index is 12.6. The fourth-order valence-electron chi connectivity index (χ4n) is 2.46. The smallest absolute Gasteiger partial charge is 0.230 e. The minimum Gasteiger partial charge on any atom is -0.449 e. The number of nitrogen functional groups attached to an aromatic ring is 1. The van der Waals surface area contributed by atoms with Crippen LogP contribution >= 0.6 is 11.6 Å². The van der Waals surface area contributed by atoms with Gasteiger partial charge in [-0.25, -0.2) is 0 Å². The number of carbonyl (C=O) groups is 2. The lowest BCUT2D eigenvalue weighted by atomic mass is 9.93. The second-order valence-corrected chi connectivity index (χ2v) is 5.77. The summed E-state index contributed by atoms with van der Waals surface area (Å²) in [5.74, 6) is -0.694. The van der Waals surface area contributed by atoms with E-state index in [2.05, 4.69) is 0 Å². The molecule has 0 saturated heterocycles. The number of hydrogen-bond donors (Lipinski definition) is 1. The third kappa shape index (κ3) is 2.41. The summed E-state index contributed by atoms with van der Waals surface area (Å²) in [6, 6.07) is 10.2. The molecule has 3 rings (SSSR count). The fourth-order valence-corrected chi connectivity index (χ4v) is 2.68. The fraction of sp³-hybridized carbons (Fsp3) is 0.111. The van der Waals surface area contributed by atoms with E-state index in [0.29, 0.717) is 11.4 Å². The van der Waals surface area contributed by atoms with Crippen molar-refractivity contribution in [1.82, 2.24) is 0 Å². The molecule has 0 fully saturated rings. The number of benzene rings is 2. The van der Waals surface area contributed by atoms with E-state index in [0.717, 1.165) is 11.1 Å². The van der Waals surface area contributed by atoms with Crippen LogP contribution in [0.2, 0.25) is 0 Å². The predicted octanol–water partition coefficient (Wildman–Crippen LogP) is 3.79. The molecular formula is C18H14ClNO3. The molecule has 0 saturated carbocycles. The van der Waals surface area contributed by atoms with E-state index < -0.39 is 11.6 Å². The standard InChI is InChI=1S/C18H14ClNO3/c1-9-7-8-10(2)17(14(9)20)23-18-13(19)15(21)11-5-3-4-6-12(11)16(18)22/h3-8H,20H2,1-2H3. The van der Waals surface area contributed by atoms with Crippen LogP contribution in [-0.4, -0.2) is 11.6 Å². The second kappa shape index (κ2) is 5.56. The van der Waals surface area contributed by atoms with Gasteiger partial charge in [0, 0.05) is 11.1 Å². The lowest BCUT2D eigenvalue weighted by Gasteiger charge is -2.20. The van der Waals surface area contributed by atoms with Gasteiger partial charge in [-0.05, 0) is 25.0 Å². The van der Waals surface area contributed by atoms with Crippen LogP contribution in [0.4, 0.5) is 5.69 Å². The number of aryl methyl sites for hydroxylation is 2. The summed E-state index contributed by atoms with van der Waals surface area (Å²) in [4.78, 5) is 25.0. The Bertz CT molecular complexity index is 884. The van der Waals surface area contributed by atoms with Crippen LogP contribution in [0.3, 0.4) is 0 Å². The van der Waals surface area contributed by atoms with Gasteiger partial charge >= 0.3 is 0 Å². The summed E-state index contributed by atoms with van der Waals surface area (Å²) in [6.45, 7) is 3.64. The van der Waals surface area contributed by atoms with Crippen molar-refractivity contribution in [2.24, 2.45) is 0 Å². The number of anilines is 1. The minimum absolute atomic E-state index is 0.184. The molecule has 23 heavy (non-hydrogen) atoms. The summed E-state index contributed by atoms with van der Waals surface area (Å²) >= 11 is 6.09. The van der Waals surface area contributed by atoms with Crippen LogP contribution in [0.25, 0.3) is 0 Å². The Kier molecular flexibility index (Phi) is 3.70. The van der Waals surface area contributed by atoms with Gasteiger partial charge in [-0.1, -0.05) is 48.0 Å². The van der Waals surface area contributed by atoms with Crippen molar-refractivity contribution in [3.05, 3.63) is 69.4 Å². The summed E-state index contributed by atoms with van der Waals surface area (Å²) in [6.07, 6.45) is 0. The van der Waals surface area contributed by atoms with E-state index in [-0.39, 0.29) is 21.9 Å². The van der Waals surface area contributed by atoms with Crippen molar-refractivity contribution in [3.8, 4) is 5.75 Å². The first-order chi connectivity index (χ1) is 10.9. The molecule has 1 aliphatic rings. The SMILES string of the molecule is Cc1ccc(C)c(OC2=C(Cl)C(=O)c3ccccc3C2=O)c1N. The van der Waals surface area contributed by atoms with Gasteiger partial charge < -0.3 is 10.5 Å². The maximum Gasteiger partial charge on any atom is 0.230 e. The number of hydrogen-bond acceptors (Lipinski definition) is 4. The number of allylic oxidation sites excluding steroid dienone is 2. The zero-order valence-electron chi connectivity index (χ0n) is 12.6. The normalized spacial score (nSPS) is 14.0. The molecule has 0 bridgehead atoms. The Morgan fingerprint density at radius 3 is 2.13 bits per heavy atom. The van der Waals surface area contributed by atoms with Crippen molar-refractivity contribution >= 4 is 28.9 Å². The average Bonchev–Trinajstić information content (AvgIpc) is 2.56. The van der Waals surface area contributed by atoms with Gasteiger partial charge in [-0.15, -0.1) is 0 Å². The van der Waals surface area contributed by atoms with Gasteiger partial charge in [-0.2, -0.15) is 0 Å². The monoisotopic (exact) mass is 327 g/mol. The topological polar surface area (TPSA) is 69.4 Å². The summed E-state index contributed by atoms with van der Waals surface area (Å²) in [7, 11) is 0. The first kappa shape index (κ1) is 15.3. The minimum atomic E-state index is -0.430. The Balaban J connectivity index is 2.11. The van der Waals surface area contributed by atoms with Crippen LogP contribution in [-0.2, 0) is 0 Å². The van der Waals surface area contributed by atoms with Gasteiger partial charge in [-0.3, -0.25) is 9.59 Å². The van der Waals surface area contributed by atoms with Crippen molar-refractivity contribution < 1.29 is 14.3 Å². The van der Waals surface area contributed by atoms with Crippen LogP contribution in [0.5, 0.6) is 5.75 Å². The Hall–Kier alpha value is -2.59. The van der Waals surface area contributed by atoms with Crippen molar-refractivity contribution in [1.29, 1.82) is 0 Å². The lowest BCUT2D eigenvalue weighted by Crippen LogP contribution is -2.23. The molecule has 0 aromatic heterocycles. The van der Waals surface area contributed by atoms with Crippen LogP contribution in [0.1, 0.15) is 31.8 Å². The molecule has 0 unspecified atom stereocenters. The molecular weight excluding hydrogens is 314 g/mol. The van der Waals surface area contributed by atoms with Gasteiger partial charge in [0.1, 0.15) is 5.03 Å². The third-order valence-electron chi connectivity index (χ3n) is 3.84. The average molecular weight is 328 g/mol. The van der Waals surface area contributed by atoms with Crippen LogP contribution < -0.4 is 10.5 Å². The zero-order valence-corrected chi connectivity index (χ0v) is 13.4. The molecule has 0 heterocycles. The summed E-state index contributed by atoms with van der Waals surface area (Å²) in [5, 5.41) is -0.228.